The van der Waals surface area contributed by atoms with Crippen molar-refractivity contribution < 1.29 is 9.53 Å². The first-order valence-corrected chi connectivity index (χ1v) is 10.3. The summed E-state index contributed by atoms with van der Waals surface area (Å²) in [7, 11) is 0. The second-order valence-corrected chi connectivity index (χ2v) is 7.33. The highest BCUT2D eigenvalue weighted by atomic mass is 32.2. The lowest BCUT2D eigenvalue weighted by Crippen LogP contribution is -2.20. The van der Waals surface area contributed by atoms with Crippen LogP contribution < -0.4 is 10.1 Å². The summed E-state index contributed by atoms with van der Waals surface area (Å²) >= 11 is 1.36. The largest absolute Gasteiger partial charge is 0.492 e. The van der Waals surface area contributed by atoms with E-state index < -0.39 is 5.25 Å². The van der Waals surface area contributed by atoms with Crippen LogP contribution in [0.5, 0.6) is 5.75 Å². The van der Waals surface area contributed by atoms with E-state index in [1.165, 1.54) is 11.8 Å². The molecule has 0 aliphatic rings. The van der Waals surface area contributed by atoms with E-state index in [1.54, 1.807) is 6.08 Å². The van der Waals surface area contributed by atoms with Crippen LogP contribution in [0.25, 0.3) is 0 Å². The van der Waals surface area contributed by atoms with Crippen LogP contribution in [0.2, 0.25) is 0 Å². The first-order valence-electron chi connectivity index (χ1n) is 9.39. The van der Waals surface area contributed by atoms with Crippen LogP contribution in [0.15, 0.2) is 72.4 Å². The van der Waals surface area contributed by atoms with Gasteiger partial charge >= 0.3 is 0 Å². The zero-order chi connectivity index (χ0) is 20.6. The zero-order valence-electron chi connectivity index (χ0n) is 16.5. The fraction of sp³-hybridized carbons (Fsp3) is 0.227. The number of aryl methyl sites for hydroxylation is 1. The van der Waals surface area contributed by atoms with Gasteiger partial charge in [-0.25, -0.2) is 0 Å². The molecule has 3 rings (SSSR count). The molecule has 0 saturated heterocycles. The minimum atomic E-state index is -0.502. The first kappa shape index (κ1) is 20.7. The number of aromatic nitrogens is 3. The fourth-order valence-corrected chi connectivity index (χ4v) is 3.94. The van der Waals surface area contributed by atoms with Crippen LogP contribution in [-0.2, 0) is 11.3 Å². The van der Waals surface area contributed by atoms with Gasteiger partial charge in [-0.1, -0.05) is 60.3 Å². The quantitative estimate of drug-likeness (QED) is 0.412. The summed E-state index contributed by atoms with van der Waals surface area (Å²) < 4.78 is 7.58. The number of amides is 1. The smallest absolute Gasteiger partial charge is 0.242 e. The summed E-state index contributed by atoms with van der Waals surface area (Å²) in [6.07, 6.45) is 1.79. The molecular weight excluding hydrogens is 384 g/mol. The van der Waals surface area contributed by atoms with Crippen molar-refractivity contribution in [2.75, 3.05) is 11.9 Å². The third kappa shape index (κ3) is 5.06. The predicted octanol–water partition coefficient (Wildman–Crippen LogP) is 4.64. The Balaban J connectivity index is 1.91. The van der Waals surface area contributed by atoms with E-state index in [0.717, 1.165) is 11.4 Å². The molecule has 1 heterocycles. The highest BCUT2D eigenvalue weighted by Crippen LogP contribution is 2.36. The maximum absolute atomic E-state index is 13.3. The lowest BCUT2D eigenvalue weighted by atomic mass is 10.1. The van der Waals surface area contributed by atoms with Crippen LogP contribution in [0, 0.1) is 6.92 Å². The van der Waals surface area contributed by atoms with Crippen LogP contribution in [0.3, 0.4) is 0 Å². The molecule has 29 heavy (non-hydrogen) atoms. The number of para-hydroxylation sites is 2. The van der Waals surface area contributed by atoms with Crippen molar-refractivity contribution in [3.05, 3.63) is 78.6 Å². The Hall–Kier alpha value is -3.06. The van der Waals surface area contributed by atoms with Crippen molar-refractivity contribution in [3.8, 4) is 5.75 Å². The molecule has 1 amide bonds. The summed E-state index contributed by atoms with van der Waals surface area (Å²) in [5.74, 6) is 1.27. The van der Waals surface area contributed by atoms with Crippen LogP contribution in [0.1, 0.15) is 23.6 Å². The van der Waals surface area contributed by atoms with Gasteiger partial charge in [-0.3, -0.25) is 4.79 Å². The molecule has 2 aromatic carbocycles. The lowest BCUT2D eigenvalue weighted by molar-refractivity contribution is -0.115. The lowest BCUT2D eigenvalue weighted by Gasteiger charge is -2.18. The molecule has 0 radical (unpaired) electrons. The van der Waals surface area contributed by atoms with Crippen molar-refractivity contribution in [1.82, 2.24) is 14.8 Å². The number of anilines is 1. The second kappa shape index (κ2) is 9.93. The topological polar surface area (TPSA) is 69.0 Å². The van der Waals surface area contributed by atoms with Crippen molar-refractivity contribution in [3.63, 3.8) is 0 Å². The van der Waals surface area contributed by atoms with Crippen molar-refractivity contribution in [2.45, 2.75) is 30.8 Å². The van der Waals surface area contributed by atoms with Crippen LogP contribution in [-0.4, -0.2) is 27.3 Å². The number of thioether (sulfide) groups is 1. The Labute approximate surface area is 175 Å². The van der Waals surface area contributed by atoms with Gasteiger partial charge in [0.15, 0.2) is 5.16 Å². The van der Waals surface area contributed by atoms with Gasteiger partial charge < -0.3 is 14.6 Å². The first-order chi connectivity index (χ1) is 14.1. The van der Waals surface area contributed by atoms with E-state index in [4.69, 9.17) is 4.74 Å². The molecule has 1 aromatic heterocycles. The second-order valence-electron chi connectivity index (χ2n) is 6.26. The van der Waals surface area contributed by atoms with Gasteiger partial charge in [-0.05, 0) is 31.5 Å². The molecule has 1 unspecified atom stereocenters. The number of allylic oxidation sites excluding steroid dienone is 1. The highest BCUT2D eigenvalue weighted by molar-refractivity contribution is 8.00. The number of carbonyl (C=O) groups is 1. The summed E-state index contributed by atoms with van der Waals surface area (Å²) in [5.41, 5.74) is 1.53. The number of hydrogen-bond donors (Lipinski definition) is 1. The number of benzene rings is 2. The normalized spacial score (nSPS) is 11.7. The van der Waals surface area contributed by atoms with E-state index in [9.17, 15) is 4.79 Å². The van der Waals surface area contributed by atoms with Gasteiger partial charge in [0.25, 0.3) is 0 Å². The third-order valence-corrected chi connectivity index (χ3v) is 5.46. The molecule has 0 spiro atoms. The maximum Gasteiger partial charge on any atom is 0.242 e. The Morgan fingerprint density at radius 1 is 1.21 bits per heavy atom. The monoisotopic (exact) mass is 408 g/mol. The van der Waals surface area contributed by atoms with Crippen molar-refractivity contribution in [2.24, 2.45) is 0 Å². The van der Waals surface area contributed by atoms with Crippen LogP contribution >= 0.6 is 11.8 Å². The average Bonchev–Trinajstić information content (AvgIpc) is 3.08. The number of hydrogen-bond acceptors (Lipinski definition) is 5. The van der Waals surface area contributed by atoms with Gasteiger partial charge in [0.05, 0.1) is 12.3 Å². The molecule has 1 atom stereocenters. The van der Waals surface area contributed by atoms with Crippen molar-refractivity contribution >= 4 is 23.4 Å². The molecule has 0 aliphatic carbocycles. The molecule has 3 aromatic rings. The average molecular weight is 409 g/mol. The Morgan fingerprint density at radius 2 is 1.93 bits per heavy atom. The Bertz CT molecular complexity index is 972. The predicted molar refractivity (Wildman–Crippen MR) is 116 cm³/mol. The Morgan fingerprint density at radius 3 is 2.66 bits per heavy atom. The van der Waals surface area contributed by atoms with E-state index in [2.05, 4.69) is 22.1 Å². The van der Waals surface area contributed by atoms with Gasteiger partial charge in [0, 0.05) is 6.54 Å². The fourth-order valence-electron chi connectivity index (χ4n) is 2.84. The zero-order valence-corrected chi connectivity index (χ0v) is 17.4. The molecule has 6 nitrogen and oxygen atoms in total. The van der Waals surface area contributed by atoms with Gasteiger partial charge in [-0.2, -0.15) is 0 Å². The van der Waals surface area contributed by atoms with Crippen LogP contribution in [0.4, 0.5) is 5.69 Å². The van der Waals surface area contributed by atoms with Gasteiger partial charge in [0.1, 0.15) is 16.8 Å². The molecule has 0 aliphatic heterocycles. The SMILES string of the molecule is C=CCn1c(C)nnc1SC(C(=O)Nc1ccccc1OCC)c1ccccc1. The number of nitrogens with zero attached hydrogens (tertiary/aromatic N) is 3. The van der Waals surface area contributed by atoms with E-state index in [1.807, 2.05) is 73.0 Å². The number of ether oxygens (including phenoxy) is 1. The molecule has 0 saturated carbocycles. The molecular formula is C22H24N4O2S. The summed E-state index contributed by atoms with van der Waals surface area (Å²) in [4.78, 5) is 13.3. The summed E-state index contributed by atoms with van der Waals surface area (Å²) in [6, 6.07) is 17.1. The summed E-state index contributed by atoms with van der Waals surface area (Å²) in [6.45, 7) is 8.69. The minimum absolute atomic E-state index is 0.154. The molecule has 1 N–H and O–H groups in total. The summed E-state index contributed by atoms with van der Waals surface area (Å²) in [5, 5.41) is 11.6. The number of nitrogens with one attached hydrogen (secondary N) is 1. The van der Waals surface area contributed by atoms with E-state index >= 15 is 0 Å². The number of rotatable bonds is 9. The molecule has 7 heteroatoms. The number of carbonyl (C=O) groups excluding carboxylic acids is 1. The van der Waals surface area contributed by atoms with Gasteiger partial charge in [0.2, 0.25) is 5.91 Å². The molecule has 150 valence electrons. The van der Waals surface area contributed by atoms with E-state index in [0.29, 0.717) is 29.7 Å². The molecule has 0 bridgehead atoms. The maximum atomic E-state index is 13.3. The van der Waals surface area contributed by atoms with Gasteiger partial charge in [-0.15, -0.1) is 16.8 Å². The molecule has 0 fully saturated rings. The standard InChI is InChI=1S/C22H24N4O2S/c1-4-15-26-16(3)24-25-22(26)29-20(17-11-7-6-8-12-17)21(27)23-18-13-9-10-14-19(18)28-5-2/h4,6-14,20H,1,5,15H2,2-3H3,(H,23,27). The minimum Gasteiger partial charge on any atom is -0.492 e. The third-order valence-electron chi connectivity index (χ3n) is 4.22. The van der Waals surface area contributed by atoms with E-state index in [-0.39, 0.29) is 5.91 Å². The van der Waals surface area contributed by atoms with Crippen molar-refractivity contribution in [1.29, 1.82) is 0 Å². The highest BCUT2D eigenvalue weighted by Gasteiger charge is 2.26. The Kier molecular flexibility index (Phi) is 7.08.